The Hall–Kier alpha value is -2.03. The molecule has 2 heterocycles. The molecule has 1 saturated heterocycles. The van der Waals surface area contributed by atoms with Crippen molar-refractivity contribution in [2.75, 3.05) is 18.4 Å². The van der Waals surface area contributed by atoms with Crippen LogP contribution in [0.25, 0.3) is 6.08 Å². The Labute approximate surface area is 173 Å². The summed E-state index contributed by atoms with van der Waals surface area (Å²) in [5.74, 6) is 0.146. The highest BCUT2D eigenvalue weighted by Crippen LogP contribution is 2.21. The number of amides is 1. The number of nitrogens with one attached hydrogen (secondary N) is 1. The van der Waals surface area contributed by atoms with Gasteiger partial charge in [0.05, 0.1) is 4.90 Å². The Kier molecular flexibility index (Phi) is 6.98. The zero-order valence-corrected chi connectivity index (χ0v) is 17.7. The van der Waals surface area contributed by atoms with Crippen molar-refractivity contribution >= 4 is 43.8 Å². The normalized spacial score (nSPS) is 16.0. The van der Waals surface area contributed by atoms with Gasteiger partial charge in [-0.05, 0) is 64.7 Å². The van der Waals surface area contributed by atoms with Crippen molar-refractivity contribution < 1.29 is 13.2 Å². The monoisotopic (exact) mass is 463 g/mol. The summed E-state index contributed by atoms with van der Waals surface area (Å²) in [5.41, 5.74) is 0.744. The molecule has 0 atom stereocenters. The molecule has 28 heavy (non-hydrogen) atoms. The number of carbonyl (C=O) groups excluding carboxylic acids is 1. The van der Waals surface area contributed by atoms with Gasteiger partial charge < -0.3 is 5.32 Å². The second kappa shape index (κ2) is 9.45. The zero-order valence-electron chi connectivity index (χ0n) is 15.3. The molecule has 0 saturated carbocycles. The van der Waals surface area contributed by atoms with E-state index in [1.807, 2.05) is 0 Å². The van der Waals surface area contributed by atoms with Gasteiger partial charge in [0, 0.05) is 29.8 Å². The molecule has 1 aliphatic rings. The molecule has 0 unspecified atom stereocenters. The predicted molar refractivity (Wildman–Crippen MR) is 113 cm³/mol. The maximum Gasteiger partial charge on any atom is 0.249 e. The van der Waals surface area contributed by atoms with E-state index in [0.717, 1.165) is 35.7 Å². The highest BCUT2D eigenvalue weighted by Gasteiger charge is 2.24. The van der Waals surface area contributed by atoms with E-state index in [2.05, 4.69) is 26.2 Å². The first kappa shape index (κ1) is 20.7. The van der Waals surface area contributed by atoms with Crippen LogP contribution in [0, 0.1) is 0 Å². The number of sulfonamides is 1. The van der Waals surface area contributed by atoms with E-state index in [4.69, 9.17) is 0 Å². The Balaban J connectivity index is 1.64. The van der Waals surface area contributed by atoms with Crippen molar-refractivity contribution in [2.45, 2.75) is 30.6 Å². The van der Waals surface area contributed by atoms with Crippen LogP contribution in [0.3, 0.4) is 0 Å². The summed E-state index contributed by atoms with van der Waals surface area (Å²) in [6.45, 7) is 1.16. The van der Waals surface area contributed by atoms with E-state index in [9.17, 15) is 13.2 Å². The molecule has 1 aliphatic heterocycles. The van der Waals surface area contributed by atoms with Crippen LogP contribution in [0.4, 0.5) is 5.82 Å². The minimum atomic E-state index is -3.46. The lowest BCUT2D eigenvalue weighted by atomic mass is 10.2. The first-order valence-electron chi connectivity index (χ1n) is 9.16. The van der Waals surface area contributed by atoms with Crippen molar-refractivity contribution in [1.82, 2.24) is 9.29 Å². The van der Waals surface area contributed by atoms with Gasteiger partial charge in [0.1, 0.15) is 5.82 Å². The van der Waals surface area contributed by atoms with Crippen LogP contribution in [0.1, 0.15) is 31.2 Å². The van der Waals surface area contributed by atoms with Gasteiger partial charge in [0.15, 0.2) is 0 Å². The summed E-state index contributed by atoms with van der Waals surface area (Å²) in [6, 6.07) is 10.1. The number of hydrogen-bond donors (Lipinski definition) is 1. The van der Waals surface area contributed by atoms with Gasteiger partial charge in [-0.2, -0.15) is 4.31 Å². The molecule has 1 aromatic carbocycles. The lowest BCUT2D eigenvalue weighted by Gasteiger charge is -2.19. The summed E-state index contributed by atoms with van der Waals surface area (Å²) in [4.78, 5) is 16.3. The average Bonchev–Trinajstić information content (AvgIpc) is 2.99. The van der Waals surface area contributed by atoms with E-state index < -0.39 is 10.0 Å². The quantitative estimate of drug-likeness (QED) is 0.677. The Morgan fingerprint density at radius 1 is 1.04 bits per heavy atom. The fourth-order valence-electron chi connectivity index (χ4n) is 2.97. The molecule has 1 aromatic heterocycles. The smallest absolute Gasteiger partial charge is 0.249 e. The molecule has 2 aromatic rings. The van der Waals surface area contributed by atoms with E-state index in [0.29, 0.717) is 18.9 Å². The molecular weight excluding hydrogens is 442 g/mol. The van der Waals surface area contributed by atoms with Gasteiger partial charge in [0.2, 0.25) is 15.9 Å². The molecular formula is C20H22BrN3O3S. The van der Waals surface area contributed by atoms with E-state index >= 15 is 0 Å². The fourth-order valence-corrected chi connectivity index (χ4v) is 4.72. The summed E-state index contributed by atoms with van der Waals surface area (Å²) >= 11 is 3.29. The molecule has 8 heteroatoms. The molecule has 0 spiro atoms. The van der Waals surface area contributed by atoms with Crippen LogP contribution < -0.4 is 5.32 Å². The van der Waals surface area contributed by atoms with Gasteiger partial charge in [-0.1, -0.05) is 25.0 Å². The number of halogens is 1. The fraction of sp³-hybridized carbons (Fsp3) is 0.300. The summed E-state index contributed by atoms with van der Waals surface area (Å²) in [5, 5.41) is 2.66. The highest BCUT2D eigenvalue weighted by molar-refractivity contribution is 9.10. The van der Waals surface area contributed by atoms with Crippen LogP contribution in [-0.4, -0.2) is 36.7 Å². The lowest BCUT2D eigenvalue weighted by Crippen LogP contribution is -2.31. The number of hydrogen-bond acceptors (Lipinski definition) is 4. The number of benzene rings is 1. The van der Waals surface area contributed by atoms with E-state index in [1.54, 1.807) is 53.0 Å². The van der Waals surface area contributed by atoms with Crippen molar-refractivity contribution in [3.63, 3.8) is 0 Å². The number of carbonyl (C=O) groups is 1. The predicted octanol–water partition coefficient (Wildman–Crippen LogP) is 4.06. The Morgan fingerprint density at radius 3 is 2.32 bits per heavy atom. The maximum atomic E-state index is 12.8. The van der Waals surface area contributed by atoms with Crippen molar-refractivity contribution in [3.8, 4) is 0 Å². The summed E-state index contributed by atoms with van der Waals surface area (Å²) in [7, 11) is -3.46. The molecule has 6 nitrogen and oxygen atoms in total. The third-order valence-corrected chi connectivity index (χ3v) is 6.87. The molecule has 0 bridgehead atoms. The number of rotatable bonds is 5. The summed E-state index contributed by atoms with van der Waals surface area (Å²) in [6.07, 6.45) is 8.59. The van der Waals surface area contributed by atoms with Gasteiger partial charge in [-0.3, -0.25) is 4.79 Å². The average molecular weight is 464 g/mol. The van der Waals surface area contributed by atoms with Gasteiger partial charge in [0.25, 0.3) is 0 Å². The van der Waals surface area contributed by atoms with Crippen LogP contribution >= 0.6 is 15.9 Å². The molecule has 0 aliphatic carbocycles. The van der Waals surface area contributed by atoms with Crippen molar-refractivity contribution in [3.05, 3.63) is 58.7 Å². The minimum absolute atomic E-state index is 0.287. The molecule has 0 radical (unpaired) electrons. The highest BCUT2D eigenvalue weighted by atomic mass is 79.9. The van der Waals surface area contributed by atoms with Crippen LogP contribution in [-0.2, 0) is 14.8 Å². The molecule has 1 N–H and O–H groups in total. The van der Waals surface area contributed by atoms with Crippen LogP contribution in [0.15, 0.2) is 58.0 Å². The largest absolute Gasteiger partial charge is 0.307 e. The van der Waals surface area contributed by atoms with Crippen molar-refractivity contribution in [2.24, 2.45) is 0 Å². The van der Waals surface area contributed by atoms with Gasteiger partial charge >= 0.3 is 0 Å². The number of anilines is 1. The SMILES string of the molecule is O=C(/C=C/c1ccc(S(=O)(=O)N2CCCCCC2)cc1)Nc1ccc(Br)cn1. The lowest BCUT2D eigenvalue weighted by molar-refractivity contribution is -0.111. The molecule has 1 fully saturated rings. The minimum Gasteiger partial charge on any atom is -0.307 e. The van der Waals surface area contributed by atoms with Crippen molar-refractivity contribution in [1.29, 1.82) is 0 Å². The number of aromatic nitrogens is 1. The van der Waals surface area contributed by atoms with E-state index in [-0.39, 0.29) is 10.8 Å². The molecule has 3 rings (SSSR count). The standard InChI is InChI=1S/C20H22BrN3O3S/c21-17-8-11-19(22-15-17)23-20(25)12-7-16-5-9-18(10-6-16)28(26,27)24-13-3-1-2-4-14-24/h5-12,15H,1-4,13-14H2,(H,22,23,25)/b12-7+. The topological polar surface area (TPSA) is 79.4 Å². The Bertz CT molecular complexity index is 934. The molecule has 148 valence electrons. The number of pyridine rings is 1. The van der Waals surface area contributed by atoms with Gasteiger partial charge in [-0.25, -0.2) is 13.4 Å². The second-order valence-corrected chi connectivity index (χ2v) is 9.43. The van der Waals surface area contributed by atoms with Crippen LogP contribution in [0.5, 0.6) is 0 Å². The number of nitrogens with zero attached hydrogens (tertiary/aromatic N) is 2. The first-order chi connectivity index (χ1) is 13.4. The molecule has 1 amide bonds. The van der Waals surface area contributed by atoms with Crippen LogP contribution in [0.2, 0.25) is 0 Å². The summed E-state index contributed by atoms with van der Waals surface area (Å²) < 4.78 is 28.0. The third-order valence-electron chi connectivity index (χ3n) is 4.49. The zero-order chi connectivity index (χ0) is 20.0. The first-order valence-corrected chi connectivity index (χ1v) is 11.4. The Morgan fingerprint density at radius 2 is 1.71 bits per heavy atom. The maximum absolute atomic E-state index is 12.8. The van der Waals surface area contributed by atoms with Gasteiger partial charge in [-0.15, -0.1) is 0 Å². The van der Waals surface area contributed by atoms with E-state index in [1.165, 1.54) is 6.08 Å². The third kappa shape index (κ3) is 5.50. The second-order valence-electron chi connectivity index (χ2n) is 6.57.